The number of carbonyl (C=O) groups is 1. The number of rotatable bonds is 8. The maximum Gasteiger partial charge on any atom is 0.387 e. The first kappa shape index (κ1) is 19.6. The van der Waals surface area contributed by atoms with Crippen LogP contribution in [0.2, 0.25) is 0 Å². The van der Waals surface area contributed by atoms with Crippen LogP contribution < -0.4 is 10.1 Å². The molecule has 0 saturated heterocycles. The summed E-state index contributed by atoms with van der Waals surface area (Å²) in [6.45, 7) is -1.05. The average molecular weight is 382 g/mol. The highest BCUT2D eigenvalue weighted by Gasteiger charge is 2.13. The van der Waals surface area contributed by atoms with Gasteiger partial charge in [0.25, 0.3) is 5.69 Å². The van der Waals surface area contributed by atoms with Crippen molar-refractivity contribution in [1.82, 2.24) is 0 Å². The predicted octanol–water partition coefficient (Wildman–Crippen LogP) is 4.63. The molecule has 26 heavy (non-hydrogen) atoms. The monoisotopic (exact) mass is 382 g/mol. The van der Waals surface area contributed by atoms with Gasteiger partial charge in [0, 0.05) is 23.1 Å². The van der Waals surface area contributed by atoms with Crippen molar-refractivity contribution in [2.24, 2.45) is 0 Å². The Morgan fingerprint density at radius 3 is 2.58 bits per heavy atom. The SMILES string of the molecule is C[C@@H](SCC(=O)Nc1ccc(OC(F)F)cc1)c1cccc([N+](=O)[O-])c1. The summed E-state index contributed by atoms with van der Waals surface area (Å²) >= 11 is 1.33. The van der Waals surface area contributed by atoms with E-state index in [1.165, 1.54) is 48.2 Å². The van der Waals surface area contributed by atoms with Crippen molar-refractivity contribution in [3.63, 3.8) is 0 Å². The molecular weight excluding hydrogens is 366 g/mol. The molecule has 0 aromatic heterocycles. The third-order valence-corrected chi connectivity index (χ3v) is 4.58. The number of nitro benzene ring substituents is 1. The molecule has 0 spiro atoms. The molecule has 6 nitrogen and oxygen atoms in total. The van der Waals surface area contributed by atoms with Gasteiger partial charge in [0.15, 0.2) is 0 Å². The maximum atomic E-state index is 12.1. The number of hydrogen-bond acceptors (Lipinski definition) is 5. The molecule has 2 aromatic rings. The summed E-state index contributed by atoms with van der Waals surface area (Å²) in [6, 6.07) is 11.9. The fourth-order valence-corrected chi connectivity index (χ4v) is 2.92. The number of ether oxygens (including phenoxy) is 1. The van der Waals surface area contributed by atoms with Crippen molar-refractivity contribution >= 4 is 29.0 Å². The Balaban J connectivity index is 1.86. The number of nitrogens with one attached hydrogen (secondary N) is 1. The normalized spacial score (nSPS) is 11.8. The lowest BCUT2D eigenvalue weighted by Gasteiger charge is -2.12. The minimum absolute atomic E-state index is 0.00510. The molecule has 2 rings (SSSR count). The molecule has 0 saturated carbocycles. The zero-order chi connectivity index (χ0) is 19.1. The van der Waals surface area contributed by atoms with Crippen molar-refractivity contribution in [1.29, 1.82) is 0 Å². The van der Waals surface area contributed by atoms with Gasteiger partial charge in [-0.15, -0.1) is 11.8 Å². The van der Waals surface area contributed by atoms with Crippen molar-refractivity contribution < 1.29 is 23.2 Å². The number of nitrogens with zero attached hydrogens (tertiary/aromatic N) is 1. The van der Waals surface area contributed by atoms with Crippen molar-refractivity contribution in [2.75, 3.05) is 11.1 Å². The Kier molecular flexibility index (Phi) is 6.90. The number of hydrogen-bond donors (Lipinski definition) is 1. The molecule has 0 fully saturated rings. The second-order valence-electron chi connectivity index (χ2n) is 5.26. The smallest absolute Gasteiger partial charge is 0.387 e. The summed E-state index contributed by atoms with van der Waals surface area (Å²) < 4.78 is 28.4. The van der Waals surface area contributed by atoms with E-state index in [9.17, 15) is 23.7 Å². The number of benzene rings is 2. The third-order valence-electron chi connectivity index (χ3n) is 3.38. The highest BCUT2D eigenvalue weighted by atomic mass is 32.2. The first-order valence-electron chi connectivity index (χ1n) is 7.56. The molecular formula is C17H16F2N2O4S. The van der Waals surface area contributed by atoms with Crippen LogP contribution in [0.15, 0.2) is 48.5 Å². The topological polar surface area (TPSA) is 81.5 Å². The van der Waals surface area contributed by atoms with E-state index >= 15 is 0 Å². The first-order valence-corrected chi connectivity index (χ1v) is 8.60. The van der Waals surface area contributed by atoms with Gasteiger partial charge in [-0.1, -0.05) is 12.1 Å². The summed E-state index contributed by atoms with van der Waals surface area (Å²) in [7, 11) is 0. The standard InChI is InChI=1S/C17H16F2N2O4S/c1-11(12-3-2-4-14(9-12)21(23)24)26-10-16(22)20-13-5-7-15(8-6-13)25-17(18)19/h2-9,11,17H,10H2,1H3,(H,20,22)/t11-/m1/s1. The molecule has 2 aromatic carbocycles. The molecule has 138 valence electrons. The van der Waals surface area contributed by atoms with E-state index in [1.54, 1.807) is 12.1 Å². The van der Waals surface area contributed by atoms with Gasteiger partial charge >= 0.3 is 6.61 Å². The van der Waals surface area contributed by atoms with E-state index in [0.29, 0.717) is 5.69 Å². The van der Waals surface area contributed by atoms with Crippen LogP contribution in [0.25, 0.3) is 0 Å². The number of amides is 1. The Morgan fingerprint density at radius 2 is 1.96 bits per heavy atom. The lowest BCUT2D eigenvalue weighted by molar-refractivity contribution is -0.384. The summed E-state index contributed by atoms with van der Waals surface area (Å²) in [5.41, 5.74) is 1.22. The fourth-order valence-electron chi connectivity index (χ4n) is 2.10. The van der Waals surface area contributed by atoms with E-state index in [0.717, 1.165) is 5.56 Å². The Morgan fingerprint density at radius 1 is 1.27 bits per heavy atom. The zero-order valence-electron chi connectivity index (χ0n) is 13.7. The maximum absolute atomic E-state index is 12.1. The minimum Gasteiger partial charge on any atom is -0.435 e. The number of alkyl halides is 2. The molecule has 1 atom stereocenters. The highest BCUT2D eigenvalue weighted by molar-refractivity contribution is 8.00. The van der Waals surface area contributed by atoms with Gasteiger partial charge in [0.05, 0.1) is 10.7 Å². The second kappa shape index (κ2) is 9.14. The van der Waals surface area contributed by atoms with E-state index < -0.39 is 11.5 Å². The minimum atomic E-state index is -2.90. The Hall–Kier alpha value is -2.68. The van der Waals surface area contributed by atoms with Gasteiger partial charge in [-0.3, -0.25) is 14.9 Å². The average Bonchev–Trinajstić information content (AvgIpc) is 2.61. The third kappa shape index (κ3) is 5.99. The van der Waals surface area contributed by atoms with Crippen LogP contribution in [0.5, 0.6) is 5.75 Å². The lowest BCUT2D eigenvalue weighted by atomic mass is 10.1. The van der Waals surface area contributed by atoms with Gasteiger partial charge in [-0.05, 0) is 36.8 Å². The Bertz CT molecular complexity index is 772. The Labute approximate surface area is 152 Å². The van der Waals surface area contributed by atoms with Gasteiger partial charge in [0.1, 0.15) is 5.75 Å². The molecule has 0 unspecified atom stereocenters. The number of nitro groups is 1. The van der Waals surface area contributed by atoms with E-state index in [2.05, 4.69) is 10.1 Å². The molecule has 0 aliphatic carbocycles. The lowest BCUT2D eigenvalue weighted by Crippen LogP contribution is -2.14. The van der Waals surface area contributed by atoms with Crippen LogP contribution in [0.4, 0.5) is 20.2 Å². The molecule has 9 heteroatoms. The number of anilines is 1. The summed E-state index contributed by atoms with van der Waals surface area (Å²) in [5, 5.41) is 13.4. The number of non-ortho nitro benzene ring substituents is 1. The molecule has 0 bridgehead atoms. The summed E-state index contributed by atoms with van der Waals surface area (Å²) in [6.07, 6.45) is 0. The van der Waals surface area contributed by atoms with Crippen LogP contribution in [0.1, 0.15) is 17.7 Å². The predicted molar refractivity (Wildman–Crippen MR) is 95.7 cm³/mol. The van der Waals surface area contributed by atoms with Gasteiger partial charge in [-0.25, -0.2) is 0 Å². The van der Waals surface area contributed by atoms with Gasteiger partial charge in [0.2, 0.25) is 5.91 Å². The van der Waals surface area contributed by atoms with Crippen molar-refractivity contribution in [2.45, 2.75) is 18.8 Å². The van der Waals surface area contributed by atoms with Crippen molar-refractivity contribution in [3.05, 3.63) is 64.2 Å². The van der Waals surface area contributed by atoms with Crippen molar-refractivity contribution in [3.8, 4) is 5.75 Å². The molecule has 0 radical (unpaired) electrons. The van der Waals surface area contributed by atoms with Crippen LogP contribution in [0, 0.1) is 10.1 Å². The number of carbonyl (C=O) groups excluding carboxylic acids is 1. The highest BCUT2D eigenvalue weighted by Crippen LogP contribution is 2.30. The molecule has 1 N–H and O–H groups in total. The molecule has 1 amide bonds. The molecule has 0 aliphatic rings. The van der Waals surface area contributed by atoms with Gasteiger partial charge in [-0.2, -0.15) is 8.78 Å². The van der Waals surface area contributed by atoms with Crippen LogP contribution in [0.3, 0.4) is 0 Å². The van der Waals surface area contributed by atoms with Crippen LogP contribution in [-0.2, 0) is 4.79 Å². The van der Waals surface area contributed by atoms with Crippen LogP contribution in [-0.4, -0.2) is 23.2 Å². The quantitative estimate of drug-likeness (QED) is 0.532. The molecule has 0 heterocycles. The largest absolute Gasteiger partial charge is 0.435 e. The van der Waals surface area contributed by atoms with Gasteiger partial charge < -0.3 is 10.1 Å². The summed E-state index contributed by atoms with van der Waals surface area (Å²) in [4.78, 5) is 22.3. The van der Waals surface area contributed by atoms with E-state index in [-0.39, 0.29) is 28.3 Å². The second-order valence-corrected chi connectivity index (χ2v) is 6.59. The summed E-state index contributed by atoms with van der Waals surface area (Å²) in [5.74, 6) is -0.124. The van der Waals surface area contributed by atoms with E-state index in [4.69, 9.17) is 0 Å². The number of thioether (sulfide) groups is 1. The zero-order valence-corrected chi connectivity index (χ0v) is 14.5. The first-order chi connectivity index (χ1) is 12.3. The molecule has 0 aliphatic heterocycles. The van der Waals surface area contributed by atoms with Crippen LogP contribution >= 0.6 is 11.8 Å². The fraction of sp³-hybridized carbons (Fsp3) is 0.235. The van der Waals surface area contributed by atoms with E-state index in [1.807, 2.05) is 6.92 Å². The number of halogens is 2.